The number of hydrogen-bond acceptors (Lipinski definition) is 5. The highest BCUT2D eigenvalue weighted by Crippen LogP contribution is 2.16. The maximum atomic E-state index is 11.6. The largest absolute Gasteiger partial charge is 0.395 e. The summed E-state index contributed by atoms with van der Waals surface area (Å²) in [6.45, 7) is 6.72. The maximum absolute atomic E-state index is 11.6. The van der Waals surface area contributed by atoms with Crippen molar-refractivity contribution in [3.8, 4) is 0 Å². The Hall–Kier alpha value is -1.46. The van der Waals surface area contributed by atoms with Crippen LogP contribution in [0.4, 0.5) is 5.69 Å². The minimum Gasteiger partial charge on any atom is -0.395 e. The molecule has 1 aromatic heterocycles. The van der Waals surface area contributed by atoms with Gasteiger partial charge in [-0.25, -0.2) is 0 Å². The first kappa shape index (κ1) is 14.9. The van der Waals surface area contributed by atoms with Crippen LogP contribution in [0.25, 0.3) is 0 Å². The standard InChI is InChI=1S/C15H23N3O2/c1-2-15(20)14-5-4-13(12-16-14)18-7-3-6-17(8-9-18)10-11-19/h4-5,12,19H,2-3,6-11H2,1H3. The average Bonchev–Trinajstić information content (AvgIpc) is 2.73. The van der Waals surface area contributed by atoms with Crippen molar-refractivity contribution in [1.82, 2.24) is 9.88 Å². The minimum absolute atomic E-state index is 0.0848. The Labute approximate surface area is 120 Å². The van der Waals surface area contributed by atoms with E-state index < -0.39 is 0 Å². The summed E-state index contributed by atoms with van der Waals surface area (Å²) in [5.74, 6) is 0.0848. The number of anilines is 1. The van der Waals surface area contributed by atoms with Gasteiger partial charge in [-0.3, -0.25) is 14.7 Å². The molecule has 0 bridgehead atoms. The molecular formula is C15H23N3O2. The molecule has 1 N–H and O–H groups in total. The Morgan fingerprint density at radius 1 is 1.30 bits per heavy atom. The molecule has 5 heteroatoms. The molecule has 2 rings (SSSR count). The van der Waals surface area contributed by atoms with Crippen LogP contribution in [0.15, 0.2) is 18.3 Å². The predicted molar refractivity (Wildman–Crippen MR) is 79.2 cm³/mol. The van der Waals surface area contributed by atoms with Crippen LogP contribution in [0, 0.1) is 0 Å². The summed E-state index contributed by atoms with van der Waals surface area (Å²) < 4.78 is 0. The third kappa shape index (κ3) is 3.77. The van der Waals surface area contributed by atoms with Crippen molar-refractivity contribution in [3.05, 3.63) is 24.0 Å². The SMILES string of the molecule is CCC(=O)c1ccc(N2CCCN(CCO)CC2)cn1. The summed E-state index contributed by atoms with van der Waals surface area (Å²) >= 11 is 0. The Morgan fingerprint density at radius 3 is 2.80 bits per heavy atom. The lowest BCUT2D eigenvalue weighted by Crippen LogP contribution is -2.32. The summed E-state index contributed by atoms with van der Waals surface area (Å²) in [4.78, 5) is 20.4. The van der Waals surface area contributed by atoms with Crippen LogP contribution in [-0.2, 0) is 0 Å². The van der Waals surface area contributed by atoms with E-state index in [1.807, 2.05) is 19.1 Å². The number of pyridine rings is 1. The lowest BCUT2D eigenvalue weighted by Gasteiger charge is -2.23. The molecule has 1 saturated heterocycles. The molecule has 20 heavy (non-hydrogen) atoms. The molecular weight excluding hydrogens is 254 g/mol. The van der Waals surface area contributed by atoms with E-state index in [1.165, 1.54) is 0 Å². The highest BCUT2D eigenvalue weighted by molar-refractivity contribution is 5.94. The number of carbonyl (C=O) groups excluding carboxylic acids is 1. The Balaban J connectivity index is 1.99. The van der Waals surface area contributed by atoms with E-state index in [0.717, 1.165) is 44.8 Å². The van der Waals surface area contributed by atoms with E-state index in [-0.39, 0.29) is 12.4 Å². The van der Waals surface area contributed by atoms with E-state index in [0.29, 0.717) is 12.1 Å². The maximum Gasteiger partial charge on any atom is 0.180 e. The van der Waals surface area contributed by atoms with Crippen molar-refractivity contribution < 1.29 is 9.90 Å². The molecule has 2 heterocycles. The van der Waals surface area contributed by atoms with E-state index in [9.17, 15) is 4.79 Å². The predicted octanol–water partition coefficient (Wildman–Crippen LogP) is 1.18. The molecule has 0 saturated carbocycles. The van der Waals surface area contributed by atoms with Crippen LogP contribution in [-0.4, -0.2) is 60.1 Å². The van der Waals surface area contributed by atoms with Crippen molar-refractivity contribution in [1.29, 1.82) is 0 Å². The minimum atomic E-state index is 0.0848. The van der Waals surface area contributed by atoms with Gasteiger partial charge in [-0.2, -0.15) is 0 Å². The third-order valence-corrected chi connectivity index (χ3v) is 3.72. The molecule has 0 amide bonds. The van der Waals surface area contributed by atoms with Crippen molar-refractivity contribution in [2.45, 2.75) is 19.8 Å². The molecule has 0 aromatic carbocycles. The molecule has 1 aromatic rings. The van der Waals surface area contributed by atoms with E-state index in [2.05, 4.69) is 14.8 Å². The van der Waals surface area contributed by atoms with Crippen LogP contribution in [0.1, 0.15) is 30.3 Å². The zero-order chi connectivity index (χ0) is 14.4. The monoisotopic (exact) mass is 277 g/mol. The molecule has 1 aliphatic heterocycles. The molecule has 1 aliphatic rings. The first-order chi connectivity index (χ1) is 9.74. The van der Waals surface area contributed by atoms with Gasteiger partial charge in [0.15, 0.2) is 5.78 Å². The fourth-order valence-corrected chi connectivity index (χ4v) is 2.51. The average molecular weight is 277 g/mol. The first-order valence-corrected chi connectivity index (χ1v) is 7.32. The number of aliphatic hydroxyl groups is 1. The van der Waals surface area contributed by atoms with Gasteiger partial charge in [0.2, 0.25) is 0 Å². The van der Waals surface area contributed by atoms with Crippen molar-refractivity contribution in [2.24, 2.45) is 0 Å². The van der Waals surface area contributed by atoms with Gasteiger partial charge in [-0.05, 0) is 25.1 Å². The molecule has 0 spiro atoms. The molecule has 0 unspecified atom stereocenters. The number of nitrogens with zero attached hydrogens (tertiary/aromatic N) is 3. The number of Topliss-reactive ketones (excluding diaryl/α,β-unsaturated/α-hetero) is 1. The number of carbonyl (C=O) groups is 1. The Kier molecular flexibility index (Phi) is 5.49. The zero-order valence-electron chi connectivity index (χ0n) is 12.1. The van der Waals surface area contributed by atoms with Gasteiger partial charge in [-0.15, -0.1) is 0 Å². The van der Waals surface area contributed by atoms with Gasteiger partial charge in [0.1, 0.15) is 5.69 Å². The highest BCUT2D eigenvalue weighted by atomic mass is 16.3. The van der Waals surface area contributed by atoms with Crippen LogP contribution < -0.4 is 4.90 Å². The molecule has 0 radical (unpaired) electrons. The lowest BCUT2D eigenvalue weighted by molar-refractivity contribution is 0.0983. The normalized spacial score (nSPS) is 17.0. The van der Waals surface area contributed by atoms with Crippen molar-refractivity contribution >= 4 is 11.5 Å². The van der Waals surface area contributed by atoms with Gasteiger partial charge in [0.25, 0.3) is 0 Å². The topological polar surface area (TPSA) is 56.7 Å². The van der Waals surface area contributed by atoms with Gasteiger partial charge < -0.3 is 10.0 Å². The Bertz CT molecular complexity index is 433. The third-order valence-electron chi connectivity index (χ3n) is 3.72. The highest BCUT2D eigenvalue weighted by Gasteiger charge is 2.15. The number of β-amino-alcohol motifs (C(OH)–C–C–N with tert-alkyl or cyclic N) is 1. The molecule has 110 valence electrons. The Morgan fingerprint density at radius 2 is 2.15 bits per heavy atom. The van der Waals surface area contributed by atoms with Gasteiger partial charge in [-0.1, -0.05) is 6.92 Å². The van der Waals surface area contributed by atoms with E-state index in [1.54, 1.807) is 6.20 Å². The number of aromatic nitrogens is 1. The second-order valence-electron chi connectivity index (χ2n) is 5.08. The summed E-state index contributed by atoms with van der Waals surface area (Å²) in [6, 6.07) is 3.80. The summed E-state index contributed by atoms with van der Waals surface area (Å²) in [6.07, 6.45) is 3.37. The number of aliphatic hydroxyl groups excluding tert-OH is 1. The summed E-state index contributed by atoms with van der Waals surface area (Å²) in [7, 11) is 0. The van der Waals surface area contributed by atoms with Gasteiger partial charge >= 0.3 is 0 Å². The number of ketones is 1. The number of rotatable bonds is 5. The second-order valence-corrected chi connectivity index (χ2v) is 5.08. The van der Waals surface area contributed by atoms with Crippen LogP contribution in [0.3, 0.4) is 0 Å². The molecule has 0 aliphatic carbocycles. The molecule has 5 nitrogen and oxygen atoms in total. The number of hydrogen-bond donors (Lipinski definition) is 1. The molecule has 1 fully saturated rings. The van der Waals surface area contributed by atoms with Gasteiger partial charge in [0, 0.05) is 32.6 Å². The van der Waals surface area contributed by atoms with E-state index >= 15 is 0 Å². The fourth-order valence-electron chi connectivity index (χ4n) is 2.51. The van der Waals surface area contributed by atoms with E-state index in [4.69, 9.17) is 5.11 Å². The van der Waals surface area contributed by atoms with Gasteiger partial charge in [0.05, 0.1) is 18.5 Å². The van der Waals surface area contributed by atoms with Crippen LogP contribution >= 0.6 is 0 Å². The van der Waals surface area contributed by atoms with Crippen LogP contribution in [0.2, 0.25) is 0 Å². The zero-order valence-corrected chi connectivity index (χ0v) is 12.1. The quantitative estimate of drug-likeness (QED) is 0.819. The summed E-state index contributed by atoms with van der Waals surface area (Å²) in [5, 5.41) is 9.00. The first-order valence-electron chi connectivity index (χ1n) is 7.32. The molecule has 0 atom stereocenters. The van der Waals surface area contributed by atoms with Crippen molar-refractivity contribution in [2.75, 3.05) is 44.2 Å². The fraction of sp³-hybridized carbons (Fsp3) is 0.600. The lowest BCUT2D eigenvalue weighted by atomic mass is 10.2. The summed E-state index contributed by atoms with van der Waals surface area (Å²) in [5.41, 5.74) is 1.62. The second kappa shape index (κ2) is 7.36. The smallest absolute Gasteiger partial charge is 0.180 e. The van der Waals surface area contributed by atoms with Crippen molar-refractivity contribution in [3.63, 3.8) is 0 Å². The van der Waals surface area contributed by atoms with Crippen LogP contribution in [0.5, 0.6) is 0 Å².